The molecule has 5 rings (SSSR count). The van der Waals surface area contributed by atoms with Crippen LogP contribution in [0.4, 0.5) is 0 Å². The zero-order chi connectivity index (χ0) is 19.6. The molecular formula is C22H23N4O2S+. The number of carbonyl (C=O) groups excluding carboxylic acids is 1. The molecule has 2 aromatic carbocycles. The number of hydrogen-bond acceptors (Lipinski definition) is 5. The highest BCUT2D eigenvalue weighted by molar-refractivity contribution is 7.18. The van der Waals surface area contributed by atoms with Gasteiger partial charge >= 0.3 is 0 Å². The van der Waals surface area contributed by atoms with Gasteiger partial charge in [-0.1, -0.05) is 24.3 Å². The minimum absolute atomic E-state index is 0.186. The van der Waals surface area contributed by atoms with E-state index in [1.165, 1.54) is 14.6 Å². The van der Waals surface area contributed by atoms with Crippen molar-refractivity contribution in [2.45, 2.75) is 19.4 Å². The van der Waals surface area contributed by atoms with Gasteiger partial charge < -0.3 is 14.2 Å². The summed E-state index contributed by atoms with van der Waals surface area (Å²) in [6.45, 7) is 4.46. The Hall–Kier alpha value is -2.77. The number of quaternary nitrogens is 1. The third-order valence-electron chi connectivity index (χ3n) is 5.45. The molecule has 0 unspecified atom stereocenters. The molecule has 0 spiro atoms. The molecule has 3 heterocycles. The van der Waals surface area contributed by atoms with Crippen LogP contribution in [0.3, 0.4) is 0 Å². The molecule has 0 radical (unpaired) electrons. The summed E-state index contributed by atoms with van der Waals surface area (Å²) in [6, 6.07) is 16.0. The van der Waals surface area contributed by atoms with Crippen LogP contribution in [0.1, 0.15) is 17.3 Å². The highest BCUT2D eigenvalue weighted by Crippen LogP contribution is 2.21. The molecule has 148 valence electrons. The van der Waals surface area contributed by atoms with Gasteiger partial charge in [-0.25, -0.2) is 9.97 Å². The topological polar surface area (TPSA) is 63.7 Å². The number of aryl methyl sites for hydroxylation is 1. The number of hydrogen-bond donors (Lipinski definition) is 1. The van der Waals surface area contributed by atoms with Crippen molar-refractivity contribution in [1.29, 1.82) is 0 Å². The van der Waals surface area contributed by atoms with Crippen molar-refractivity contribution in [3.63, 3.8) is 0 Å². The summed E-state index contributed by atoms with van der Waals surface area (Å²) in [7, 11) is 0. The molecule has 0 aliphatic carbocycles. The smallest absolute Gasteiger partial charge is 0.223 e. The van der Waals surface area contributed by atoms with Gasteiger partial charge in [-0.3, -0.25) is 4.79 Å². The van der Waals surface area contributed by atoms with Crippen molar-refractivity contribution in [3.8, 4) is 0 Å². The molecule has 0 bridgehead atoms. The van der Waals surface area contributed by atoms with Gasteiger partial charge in [-0.2, -0.15) is 0 Å². The first-order valence-corrected chi connectivity index (χ1v) is 10.9. The third kappa shape index (κ3) is 4.02. The number of fused-ring (bicyclic) bond motifs is 2. The van der Waals surface area contributed by atoms with Gasteiger partial charge in [0.1, 0.15) is 17.1 Å². The minimum Gasteiger partial charge on any atom is -0.441 e. The maximum absolute atomic E-state index is 12.6. The van der Waals surface area contributed by atoms with Crippen LogP contribution < -0.4 is 4.90 Å². The monoisotopic (exact) mass is 407 g/mol. The quantitative estimate of drug-likeness (QED) is 0.551. The molecule has 0 saturated carbocycles. The van der Waals surface area contributed by atoms with Gasteiger partial charge in [0.05, 0.1) is 36.4 Å². The number of nitrogens with zero attached hydrogens (tertiary/aromatic N) is 3. The average Bonchev–Trinajstić information content (AvgIpc) is 3.35. The molecule has 0 atom stereocenters. The number of carbonyl (C=O) groups is 1. The second-order valence-electron chi connectivity index (χ2n) is 7.46. The molecule has 29 heavy (non-hydrogen) atoms. The third-order valence-corrected chi connectivity index (χ3v) is 6.49. The Morgan fingerprint density at radius 1 is 1.03 bits per heavy atom. The lowest BCUT2D eigenvalue weighted by molar-refractivity contribution is -0.917. The average molecular weight is 408 g/mol. The second-order valence-corrected chi connectivity index (χ2v) is 8.57. The van der Waals surface area contributed by atoms with E-state index in [1.54, 1.807) is 11.3 Å². The summed E-state index contributed by atoms with van der Waals surface area (Å²) in [6.07, 6.45) is 0.992. The number of amides is 1. The Morgan fingerprint density at radius 3 is 2.59 bits per heavy atom. The molecule has 1 N–H and O–H groups in total. The lowest BCUT2D eigenvalue weighted by atomic mass is 10.2. The summed E-state index contributed by atoms with van der Waals surface area (Å²) in [4.78, 5) is 25.3. The van der Waals surface area contributed by atoms with Crippen LogP contribution >= 0.6 is 11.3 Å². The molecule has 1 saturated heterocycles. The van der Waals surface area contributed by atoms with E-state index in [1.807, 2.05) is 35.2 Å². The van der Waals surface area contributed by atoms with Crippen molar-refractivity contribution in [3.05, 3.63) is 59.4 Å². The van der Waals surface area contributed by atoms with Crippen molar-refractivity contribution in [2.75, 3.05) is 26.2 Å². The Morgan fingerprint density at radius 2 is 1.79 bits per heavy atom. The first-order valence-electron chi connectivity index (χ1n) is 10.0. The van der Waals surface area contributed by atoms with Crippen molar-refractivity contribution >= 4 is 38.6 Å². The van der Waals surface area contributed by atoms with E-state index < -0.39 is 0 Å². The summed E-state index contributed by atoms with van der Waals surface area (Å²) >= 11 is 1.78. The van der Waals surface area contributed by atoms with Gasteiger partial charge in [0.2, 0.25) is 5.91 Å². The van der Waals surface area contributed by atoms with Crippen LogP contribution in [0.15, 0.2) is 52.9 Å². The largest absolute Gasteiger partial charge is 0.441 e. The van der Waals surface area contributed by atoms with Gasteiger partial charge in [-0.05, 0) is 24.3 Å². The number of thiazole rings is 1. The van der Waals surface area contributed by atoms with Gasteiger partial charge in [-0.15, -0.1) is 11.3 Å². The van der Waals surface area contributed by atoms with Crippen LogP contribution in [-0.4, -0.2) is 47.0 Å². The fourth-order valence-corrected chi connectivity index (χ4v) is 4.90. The van der Waals surface area contributed by atoms with E-state index in [4.69, 9.17) is 9.40 Å². The van der Waals surface area contributed by atoms with Crippen molar-refractivity contribution < 1.29 is 14.1 Å². The predicted octanol–water partition coefficient (Wildman–Crippen LogP) is 2.30. The van der Waals surface area contributed by atoms with Gasteiger partial charge in [0, 0.05) is 12.8 Å². The van der Waals surface area contributed by atoms with Crippen LogP contribution in [0.2, 0.25) is 0 Å². The Kier molecular flexibility index (Phi) is 4.99. The minimum atomic E-state index is 0.186. The van der Waals surface area contributed by atoms with E-state index in [0.29, 0.717) is 18.7 Å². The number of nitrogens with one attached hydrogen (secondary N) is 1. The van der Waals surface area contributed by atoms with Crippen molar-refractivity contribution in [2.24, 2.45) is 0 Å². The number of oxazole rings is 1. The van der Waals surface area contributed by atoms with E-state index in [2.05, 4.69) is 23.2 Å². The first kappa shape index (κ1) is 18.3. The van der Waals surface area contributed by atoms with Crippen LogP contribution in [0, 0.1) is 0 Å². The number of piperazine rings is 1. The van der Waals surface area contributed by atoms with Crippen LogP contribution in [0.25, 0.3) is 21.3 Å². The Bertz CT molecular complexity index is 1080. The fraction of sp³-hybridized carbons (Fsp3) is 0.318. The van der Waals surface area contributed by atoms with Gasteiger partial charge in [0.15, 0.2) is 11.5 Å². The van der Waals surface area contributed by atoms with Crippen LogP contribution in [-0.2, 0) is 17.8 Å². The maximum atomic E-state index is 12.6. The summed E-state index contributed by atoms with van der Waals surface area (Å²) < 4.78 is 6.97. The number of para-hydroxylation sites is 3. The zero-order valence-electron chi connectivity index (χ0n) is 16.1. The molecule has 1 fully saturated rings. The van der Waals surface area contributed by atoms with Crippen molar-refractivity contribution in [1.82, 2.24) is 14.9 Å². The normalized spacial score (nSPS) is 15.4. The second kappa shape index (κ2) is 7.93. The van der Waals surface area contributed by atoms with E-state index in [9.17, 15) is 4.79 Å². The van der Waals surface area contributed by atoms with E-state index in [0.717, 1.165) is 49.3 Å². The molecule has 6 nitrogen and oxygen atoms in total. The van der Waals surface area contributed by atoms with Gasteiger partial charge in [0.25, 0.3) is 0 Å². The lowest BCUT2D eigenvalue weighted by Gasteiger charge is -2.31. The lowest BCUT2D eigenvalue weighted by Crippen LogP contribution is -3.13. The highest BCUT2D eigenvalue weighted by atomic mass is 32.1. The molecule has 4 aromatic rings. The number of benzene rings is 2. The van der Waals surface area contributed by atoms with E-state index >= 15 is 0 Å². The summed E-state index contributed by atoms with van der Waals surface area (Å²) in [5, 5.41) is 1.18. The fourth-order valence-electron chi connectivity index (χ4n) is 3.86. The molecule has 1 amide bonds. The molecule has 7 heteroatoms. The van der Waals surface area contributed by atoms with E-state index in [-0.39, 0.29) is 5.91 Å². The van der Waals surface area contributed by atoms with Crippen LogP contribution in [0.5, 0.6) is 0 Å². The first-order chi connectivity index (χ1) is 14.2. The highest BCUT2D eigenvalue weighted by Gasteiger charge is 2.24. The number of rotatable bonds is 5. The molecular weight excluding hydrogens is 384 g/mol. The standard InChI is InChI=1S/C22H22N4O2S/c27-22(10-9-20-23-16-5-1-3-7-18(16)28-20)26-13-11-25(12-14-26)15-21-24-17-6-2-4-8-19(17)29-21/h1-8H,9-15H2/p+1. The molecule has 1 aliphatic rings. The summed E-state index contributed by atoms with van der Waals surface area (Å²) in [5.74, 6) is 0.825. The zero-order valence-corrected chi connectivity index (χ0v) is 17.0. The predicted molar refractivity (Wildman–Crippen MR) is 113 cm³/mol. The molecule has 2 aromatic heterocycles. The Balaban J connectivity index is 1.12. The Labute approximate surface area is 172 Å². The SMILES string of the molecule is O=C(CCc1nc2ccccc2o1)N1CC[NH+](Cc2nc3ccccc3s2)CC1. The number of aromatic nitrogens is 2. The maximum Gasteiger partial charge on any atom is 0.223 e. The summed E-state index contributed by atoms with van der Waals surface area (Å²) in [5.41, 5.74) is 2.71. The molecule has 1 aliphatic heterocycles.